The number of esters is 1. The van der Waals surface area contributed by atoms with Gasteiger partial charge < -0.3 is 23.4 Å². The number of hydrogen-bond donors (Lipinski definition) is 0. The van der Waals surface area contributed by atoms with Crippen LogP contribution in [-0.4, -0.2) is 39.3 Å². The molecule has 8 nitrogen and oxygen atoms in total. The van der Waals surface area contributed by atoms with Crippen LogP contribution in [0.25, 0.3) is 11.0 Å². The third-order valence-corrected chi connectivity index (χ3v) is 8.24. The van der Waals surface area contributed by atoms with E-state index in [1.807, 2.05) is 33.8 Å². The number of fused-ring (bicyclic) bond motifs is 1. The van der Waals surface area contributed by atoms with E-state index in [4.69, 9.17) is 23.4 Å². The highest BCUT2D eigenvalue weighted by Crippen LogP contribution is 2.48. The Hall–Kier alpha value is -4.12. The van der Waals surface area contributed by atoms with Crippen LogP contribution in [0.15, 0.2) is 57.3 Å². The van der Waals surface area contributed by atoms with Crippen molar-refractivity contribution in [3.05, 3.63) is 80.7 Å². The summed E-state index contributed by atoms with van der Waals surface area (Å²) in [7, 11) is 3.55. The van der Waals surface area contributed by atoms with E-state index in [-0.39, 0.29) is 52.2 Å². The van der Waals surface area contributed by atoms with Crippen molar-refractivity contribution in [2.45, 2.75) is 84.6 Å². The largest absolute Gasteiger partial charge is 0.496 e. The molecule has 1 aromatic heterocycles. The summed E-state index contributed by atoms with van der Waals surface area (Å²) in [6.45, 7) is 9.21. The second-order valence-electron chi connectivity index (χ2n) is 11.6. The lowest BCUT2D eigenvalue weighted by Gasteiger charge is -2.34. The summed E-state index contributed by atoms with van der Waals surface area (Å²) in [4.78, 5) is 40.9. The van der Waals surface area contributed by atoms with Crippen molar-refractivity contribution in [2.24, 2.45) is 5.92 Å². The lowest BCUT2D eigenvalue weighted by molar-refractivity contribution is -0.278. The van der Waals surface area contributed by atoms with Gasteiger partial charge >= 0.3 is 17.8 Å². The molecule has 11 heteroatoms. The lowest BCUT2D eigenvalue weighted by atomic mass is 9.88. The molecule has 3 aromatic rings. The first kappa shape index (κ1) is 37.3. The highest BCUT2D eigenvalue weighted by molar-refractivity contribution is 6.12. The van der Waals surface area contributed by atoms with Gasteiger partial charge in [0.1, 0.15) is 23.2 Å². The summed E-state index contributed by atoms with van der Waals surface area (Å²) >= 11 is 0. The Balaban J connectivity index is 2.48. The molecule has 0 aliphatic heterocycles. The summed E-state index contributed by atoms with van der Waals surface area (Å²) in [5.74, 6) is -2.26. The van der Waals surface area contributed by atoms with E-state index in [1.54, 1.807) is 6.92 Å². The second-order valence-corrected chi connectivity index (χ2v) is 11.6. The Bertz CT molecular complexity index is 1650. The predicted molar refractivity (Wildman–Crippen MR) is 172 cm³/mol. The van der Waals surface area contributed by atoms with E-state index in [0.717, 1.165) is 30.9 Å². The zero-order valence-corrected chi connectivity index (χ0v) is 28.1. The van der Waals surface area contributed by atoms with Crippen molar-refractivity contribution in [3.63, 3.8) is 0 Å². The van der Waals surface area contributed by atoms with E-state index >= 15 is 0 Å². The maximum atomic E-state index is 14.8. The monoisotopic (exact) mass is 660 g/mol. The van der Waals surface area contributed by atoms with Gasteiger partial charge in [-0.1, -0.05) is 69.2 Å². The number of methoxy groups -OCH3 is 3. The van der Waals surface area contributed by atoms with Gasteiger partial charge in [-0.25, -0.2) is 9.59 Å². The molecule has 0 radical (unpaired) electrons. The first-order valence-electron chi connectivity index (χ1n) is 15.5. The molecule has 0 bridgehead atoms. The van der Waals surface area contributed by atoms with Crippen molar-refractivity contribution < 1.29 is 46.1 Å². The van der Waals surface area contributed by atoms with Crippen LogP contribution < -0.4 is 15.1 Å². The third-order valence-electron chi connectivity index (χ3n) is 8.24. The molecule has 0 fully saturated rings. The number of rotatable bonds is 15. The van der Waals surface area contributed by atoms with Crippen LogP contribution in [0.4, 0.5) is 13.2 Å². The standard InChI is InChI=1S/C36H43F3O8/c1-9-11-17-26(46-34(42)35(45-8,36(37,38)39)23-15-13-12-14-16-23)25-20-27(40)47-33-28(25)31(43-6)24(19-18-21(3)4)32(44-7)29(33)30(41)22(5)10-2/h12-16,18,20,22,26H,9-11,17,19H2,1-8H3/t22-,26-,35-/m0/s1. The molecule has 256 valence electrons. The first-order valence-corrected chi connectivity index (χ1v) is 15.5. The number of halogens is 3. The number of unbranched alkanes of at least 4 members (excludes halogenated alkanes) is 1. The van der Waals surface area contributed by atoms with Crippen molar-refractivity contribution in [1.29, 1.82) is 0 Å². The van der Waals surface area contributed by atoms with E-state index < -0.39 is 41.0 Å². The minimum atomic E-state index is -5.22. The maximum Gasteiger partial charge on any atom is 0.432 e. The second kappa shape index (κ2) is 15.6. The van der Waals surface area contributed by atoms with Crippen LogP contribution in [-0.2, 0) is 26.3 Å². The minimum Gasteiger partial charge on any atom is -0.496 e. The molecular weight excluding hydrogens is 617 g/mol. The van der Waals surface area contributed by atoms with Gasteiger partial charge in [-0.15, -0.1) is 0 Å². The van der Waals surface area contributed by atoms with E-state index in [2.05, 4.69) is 0 Å². The molecule has 0 spiro atoms. The van der Waals surface area contributed by atoms with E-state index in [1.165, 1.54) is 32.4 Å². The maximum absolute atomic E-state index is 14.8. The zero-order valence-electron chi connectivity index (χ0n) is 28.1. The van der Waals surface area contributed by atoms with Gasteiger partial charge in [0.25, 0.3) is 5.60 Å². The Labute approximate surface area is 272 Å². The van der Waals surface area contributed by atoms with Crippen LogP contribution in [0.5, 0.6) is 11.5 Å². The fourth-order valence-corrected chi connectivity index (χ4v) is 5.55. The van der Waals surface area contributed by atoms with Crippen LogP contribution in [0.2, 0.25) is 0 Å². The molecule has 0 amide bonds. The Morgan fingerprint density at radius 1 is 1.00 bits per heavy atom. The molecule has 0 N–H and O–H groups in total. The van der Waals surface area contributed by atoms with Gasteiger partial charge in [0.2, 0.25) is 0 Å². The molecule has 0 aliphatic carbocycles. The molecule has 0 saturated carbocycles. The van der Waals surface area contributed by atoms with Crippen molar-refractivity contribution in [1.82, 2.24) is 0 Å². The summed E-state index contributed by atoms with van der Waals surface area (Å²) in [5.41, 5.74) is -3.55. The van der Waals surface area contributed by atoms with Crippen LogP contribution in [0.1, 0.15) is 93.5 Å². The topological polar surface area (TPSA) is 101 Å². The normalized spacial score (nSPS) is 14.2. The van der Waals surface area contributed by atoms with Crippen molar-refractivity contribution >= 4 is 22.7 Å². The summed E-state index contributed by atoms with van der Waals surface area (Å²) in [6.07, 6.45) is -2.94. The van der Waals surface area contributed by atoms with Crippen LogP contribution in [0.3, 0.4) is 0 Å². The summed E-state index contributed by atoms with van der Waals surface area (Å²) in [5, 5.41) is 0.125. The molecule has 0 aliphatic rings. The van der Waals surface area contributed by atoms with Crippen LogP contribution >= 0.6 is 0 Å². The highest BCUT2D eigenvalue weighted by atomic mass is 19.4. The molecule has 0 unspecified atom stereocenters. The van der Waals surface area contributed by atoms with Crippen molar-refractivity contribution in [2.75, 3.05) is 21.3 Å². The molecule has 47 heavy (non-hydrogen) atoms. The van der Waals surface area contributed by atoms with Gasteiger partial charge in [0.05, 0.1) is 19.6 Å². The molecular formula is C36H43F3O8. The third kappa shape index (κ3) is 7.40. The Morgan fingerprint density at radius 2 is 1.64 bits per heavy atom. The molecule has 1 heterocycles. The fraction of sp³-hybridized carbons (Fsp3) is 0.472. The number of carbonyl (C=O) groups excluding carboxylic acids is 2. The smallest absolute Gasteiger partial charge is 0.432 e. The molecule has 2 aromatic carbocycles. The number of hydrogen-bond acceptors (Lipinski definition) is 8. The average Bonchev–Trinajstić information content (AvgIpc) is 3.03. The number of benzene rings is 2. The highest BCUT2D eigenvalue weighted by Gasteiger charge is 2.64. The van der Waals surface area contributed by atoms with E-state index in [9.17, 15) is 27.6 Å². The van der Waals surface area contributed by atoms with Crippen LogP contribution in [0, 0.1) is 5.92 Å². The average molecular weight is 661 g/mol. The zero-order chi connectivity index (χ0) is 35.1. The van der Waals surface area contributed by atoms with Gasteiger partial charge in [-0.05, 0) is 39.5 Å². The number of alkyl halides is 3. The number of carbonyl (C=O) groups is 2. The predicted octanol–water partition coefficient (Wildman–Crippen LogP) is 8.43. The van der Waals surface area contributed by atoms with E-state index in [0.29, 0.717) is 24.8 Å². The Kier molecular flexibility index (Phi) is 12.4. The lowest BCUT2D eigenvalue weighted by Crippen LogP contribution is -2.52. The Morgan fingerprint density at radius 3 is 2.15 bits per heavy atom. The van der Waals surface area contributed by atoms with Gasteiger partial charge in [0.15, 0.2) is 11.4 Å². The molecule has 0 saturated heterocycles. The molecule has 3 atom stereocenters. The summed E-state index contributed by atoms with van der Waals surface area (Å²) in [6, 6.07) is 7.55. The van der Waals surface area contributed by atoms with Crippen molar-refractivity contribution in [3.8, 4) is 11.5 Å². The SMILES string of the molecule is CCCC[C@H](OC(=O)[C@@](OC)(c1ccccc1)C(F)(F)F)c1cc(=O)oc2c(C(=O)[C@@H](C)CC)c(OC)c(CC=C(C)C)c(OC)c12. The summed E-state index contributed by atoms with van der Waals surface area (Å²) < 4.78 is 72.5. The fourth-order valence-electron chi connectivity index (χ4n) is 5.55. The number of ether oxygens (including phenoxy) is 4. The number of Topliss-reactive ketones (excluding diaryl/α,β-unsaturated/α-hetero) is 1. The molecule has 3 rings (SSSR count). The van der Waals surface area contributed by atoms with Gasteiger partial charge in [-0.3, -0.25) is 4.79 Å². The minimum absolute atomic E-state index is 0.000129. The quantitative estimate of drug-likeness (QED) is 0.0693. The van der Waals surface area contributed by atoms with Gasteiger partial charge in [0, 0.05) is 35.8 Å². The van der Waals surface area contributed by atoms with Gasteiger partial charge in [-0.2, -0.15) is 13.2 Å². The number of ketones is 1. The number of allylic oxidation sites excluding steroid dienone is 2. The first-order chi connectivity index (χ1) is 22.2.